The number of hydrogen-bond acceptors (Lipinski definition) is 1. The average molecular weight is 223 g/mol. The van der Waals surface area contributed by atoms with Gasteiger partial charge in [0.2, 0.25) is 0 Å². The largest absolute Gasteiger partial charge is 0.316 e. The van der Waals surface area contributed by atoms with Crippen LogP contribution in [-0.4, -0.2) is 13.1 Å². The molecule has 0 amide bonds. The van der Waals surface area contributed by atoms with Gasteiger partial charge in [-0.2, -0.15) is 0 Å². The average Bonchev–Trinajstić information content (AvgIpc) is 3.14. The van der Waals surface area contributed by atoms with Crippen LogP contribution in [-0.2, 0) is 0 Å². The molecule has 0 aromatic carbocycles. The van der Waals surface area contributed by atoms with E-state index in [1.165, 1.54) is 44.9 Å². The summed E-state index contributed by atoms with van der Waals surface area (Å²) >= 11 is 0. The summed E-state index contributed by atoms with van der Waals surface area (Å²) in [7, 11) is 2.18. The first-order chi connectivity index (χ1) is 7.76. The molecule has 2 aliphatic rings. The van der Waals surface area contributed by atoms with Crippen molar-refractivity contribution >= 4 is 0 Å². The molecule has 2 rings (SSSR count). The smallest absolute Gasteiger partial charge is 0.0121 e. The Balaban J connectivity index is 1.91. The number of hydrogen-bond donors (Lipinski definition) is 1. The highest BCUT2D eigenvalue weighted by molar-refractivity contribution is 4.91. The van der Waals surface area contributed by atoms with Gasteiger partial charge in [0.05, 0.1) is 0 Å². The molecule has 4 atom stereocenters. The van der Waals surface area contributed by atoms with Gasteiger partial charge >= 0.3 is 0 Å². The van der Waals surface area contributed by atoms with Gasteiger partial charge in [-0.3, -0.25) is 0 Å². The predicted molar refractivity (Wildman–Crippen MR) is 70.5 cm³/mol. The van der Waals surface area contributed by atoms with E-state index in [-0.39, 0.29) is 0 Å². The van der Waals surface area contributed by atoms with Gasteiger partial charge in [-0.05, 0) is 56.4 Å². The lowest BCUT2D eigenvalue weighted by molar-refractivity contribution is 0.170. The maximum Gasteiger partial charge on any atom is 0.0121 e. The van der Waals surface area contributed by atoms with E-state index in [9.17, 15) is 0 Å². The molecular formula is C15H29N. The molecule has 0 radical (unpaired) electrons. The van der Waals surface area contributed by atoms with Crippen LogP contribution in [0.4, 0.5) is 0 Å². The van der Waals surface area contributed by atoms with E-state index in [4.69, 9.17) is 0 Å². The Labute approximate surface area is 101 Å². The van der Waals surface area contributed by atoms with Crippen LogP contribution in [0.3, 0.4) is 0 Å². The van der Waals surface area contributed by atoms with Crippen molar-refractivity contribution in [2.75, 3.05) is 7.05 Å². The first-order valence-electron chi connectivity index (χ1n) is 7.43. The van der Waals surface area contributed by atoms with Crippen molar-refractivity contribution < 1.29 is 0 Å². The van der Waals surface area contributed by atoms with E-state index < -0.39 is 0 Å². The van der Waals surface area contributed by atoms with Crippen molar-refractivity contribution in [3.63, 3.8) is 0 Å². The first kappa shape index (κ1) is 12.4. The highest BCUT2D eigenvalue weighted by atomic mass is 14.9. The van der Waals surface area contributed by atoms with Crippen molar-refractivity contribution in [1.82, 2.24) is 5.32 Å². The zero-order valence-electron chi connectivity index (χ0n) is 11.3. The molecule has 16 heavy (non-hydrogen) atoms. The zero-order valence-corrected chi connectivity index (χ0v) is 11.3. The fraction of sp³-hybridized carbons (Fsp3) is 1.00. The molecule has 0 aromatic heterocycles. The molecule has 0 saturated heterocycles. The Kier molecular flexibility index (Phi) is 4.29. The minimum atomic E-state index is 0.793. The summed E-state index contributed by atoms with van der Waals surface area (Å²) in [4.78, 5) is 0. The molecule has 0 aromatic rings. The second-order valence-electron chi connectivity index (χ2n) is 6.21. The molecule has 1 N–H and O–H groups in total. The Morgan fingerprint density at radius 3 is 2.44 bits per heavy atom. The molecule has 1 nitrogen and oxygen atoms in total. The van der Waals surface area contributed by atoms with Crippen LogP contribution in [0.25, 0.3) is 0 Å². The summed E-state index contributed by atoms with van der Waals surface area (Å²) in [5.74, 6) is 3.92. The summed E-state index contributed by atoms with van der Waals surface area (Å²) in [6.07, 6.45) is 10.3. The van der Waals surface area contributed by atoms with E-state index in [0.29, 0.717) is 0 Å². The molecule has 1 heteroatoms. The van der Waals surface area contributed by atoms with Gasteiger partial charge in [0.25, 0.3) is 0 Å². The molecule has 4 unspecified atom stereocenters. The summed E-state index contributed by atoms with van der Waals surface area (Å²) < 4.78 is 0. The molecule has 2 saturated carbocycles. The Hall–Kier alpha value is -0.0400. The highest BCUT2D eigenvalue weighted by Gasteiger charge is 2.37. The standard InChI is InChI=1S/C15H29N/c1-4-12-6-5-7-14(10-12)15(16-3)11(2)13-8-9-13/h11-16H,4-10H2,1-3H3. The summed E-state index contributed by atoms with van der Waals surface area (Å²) in [6, 6.07) is 0.793. The fourth-order valence-corrected chi connectivity index (χ4v) is 3.87. The Morgan fingerprint density at radius 1 is 1.12 bits per heavy atom. The molecule has 2 fully saturated rings. The van der Waals surface area contributed by atoms with E-state index in [0.717, 1.165) is 29.7 Å². The first-order valence-corrected chi connectivity index (χ1v) is 7.43. The number of nitrogens with one attached hydrogen (secondary N) is 1. The minimum absolute atomic E-state index is 0.793. The third-order valence-corrected chi connectivity index (χ3v) is 5.17. The van der Waals surface area contributed by atoms with E-state index in [1.807, 2.05) is 0 Å². The van der Waals surface area contributed by atoms with Crippen LogP contribution in [0.5, 0.6) is 0 Å². The molecule has 2 aliphatic carbocycles. The Bertz CT molecular complexity index is 209. The van der Waals surface area contributed by atoms with Crippen molar-refractivity contribution in [3.8, 4) is 0 Å². The molecule has 0 bridgehead atoms. The quantitative estimate of drug-likeness (QED) is 0.747. The zero-order chi connectivity index (χ0) is 11.5. The van der Waals surface area contributed by atoms with Crippen LogP contribution < -0.4 is 5.32 Å². The van der Waals surface area contributed by atoms with Crippen molar-refractivity contribution in [2.45, 2.75) is 64.8 Å². The maximum atomic E-state index is 3.64. The maximum absolute atomic E-state index is 3.64. The Morgan fingerprint density at radius 2 is 1.88 bits per heavy atom. The van der Waals surface area contributed by atoms with E-state index in [2.05, 4.69) is 26.2 Å². The third-order valence-electron chi connectivity index (χ3n) is 5.17. The molecule has 94 valence electrons. The van der Waals surface area contributed by atoms with E-state index >= 15 is 0 Å². The number of rotatable bonds is 5. The highest BCUT2D eigenvalue weighted by Crippen LogP contribution is 2.43. The lowest BCUT2D eigenvalue weighted by Gasteiger charge is -2.37. The minimum Gasteiger partial charge on any atom is -0.316 e. The van der Waals surface area contributed by atoms with Crippen LogP contribution in [0.2, 0.25) is 0 Å². The summed E-state index contributed by atoms with van der Waals surface area (Å²) in [6.45, 7) is 4.85. The topological polar surface area (TPSA) is 12.0 Å². The van der Waals surface area contributed by atoms with Crippen LogP contribution in [0.15, 0.2) is 0 Å². The van der Waals surface area contributed by atoms with Gasteiger partial charge in [-0.25, -0.2) is 0 Å². The molecule has 0 heterocycles. The lowest BCUT2D eigenvalue weighted by Crippen LogP contribution is -2.42. The van der Waals surface area contributed by atoms with Crippen LogP contribution in [0.1, 0.15) is 58.8 Å². The summed E-state index contributed by atoms with van der Waals surface area (Å²) in [5.41, 5.74) is 0. The van der Waals surface area contributed by atoms with Gasteiger partial charge < -0.3 is 5.32 Å². The van der Waals surface area contributed by atoms with Crippen LogP contribution in [0, 0.1) is 23.7 Å². The molecule has 0 aliphatic heterocycles. The van der Waals surface area contributed by atoms with Gasteiger partial charge in [-0.15, -0.1) is 0 Å². The third kappa shape index (κ3) is 2.80. The monoisotopic (exact) mass is 223 g/mol. The lowest BCUT2D eigenvalue weighted by atomic mass is 9.73. The molecular weight excluding hydrogens is 194 g/mol. The second-order valence-corrected chi connectivity index (χ2v) is 6.21. The summed E-state index contributed by atoms with van der Waals surface area (Å²) in [5, 5.41) is 3.64. The normalized spacial score (nSPS) is 34.7. The van der Waals surface area contributed by atoms with Gasteiger partial charge in [0.15, 0.2) is 0 Å². The fourth-order valence-electron chi connectivity index (χ4n) is 3.87. The van der Waals surface area contributed by atoms with Gasteiger partial charge in [0.1, 0.15) is 0 Å². The van der Waals surface area contributed by atoms with Crippen molar-refractivity contribution in [3.05, 3.63) is 0 Å². The second kappa shape index (κ2) is 5.53. The van der Waals surface area contributed by atoms with Crippen molar-refractivity contribution in [1.29, 1.82) is 0 Å². The molecule has 0 spiro atoms. The van der Waals surface area contributed by atoms with Gasteiger partial charge in [-0.1, -0.05) is 33.1 Å². The van der Waals surface area contributed by atoms with Gasteiger partial charge in [0, 0.05) is 6.04 Å². The predicted octanol–water partition coefficient (Wildman–Crippen LogP) is 3.84. The van der Waals surface area contributed by atoms with Crippen LogP contribution >= 0.6 is 0 Å². The van der Waals surface area contributed by atoms with Crippen molar-refractivity contribution in [2.24, 2.45) is 23.7 Å². The van der Waals surface area contributed by atoms with E-state index in [1.54, 1.807) is 0 Å². The SMILES string of the molecule is CCC1CCCC(C(NC)C(C)C2CC2)C1.